The highest BCUT2D eigenvalue weighted by molar-refractivity contribution is 14.1. The van der Waals surface area contributed by atoms with Gasteiger partial charge in [0.2, 0.25) is 0 Å². The monoisotopic (exact) mass is 316 g/mol. The van der Waals surface area contributed by atoms with Gasteiger partial charge in [-0.2, -0.15) is 20.3 Å². The maximum absolute atomic E-state index is 9.62. The van der Waals surface area contributed by atoms with Crippen molar-refractivity contribution in [2.45, 2.75) is 38.4 Å². The first kappa shape index (κ1) is 12.2. The van der Waals surface area contributed by atoms with Crippen LogP contribution in [-0.4, -0.2) is 47.1 Å². The molecule has 1 aliphatic rings. The van der Waals surface area contributed by atoms with Crippen LogP contribution in [-0.2, 0) is 8.53 Å². The van der Waals surface area contributed by atoms with Crippen LogP contribution in [0.5, 0.6) is 0 Å². The molecule has 13 heavy (non-hydrogen) atoms. The second kappa shape index (κ2) is 5.26. The lowest BCUT2D eigenvalue weighted by Crippen LogP contribution is -2.53. The molecule has 76 valence electrons. The van der Waals surface area contributed by atoms with E-state index in [1.54, 1.807) is 0 Å². The van der Waals surface area contributed by atoms with Crippen molar-refractivity contribution in [2.75, 3.05) is 0 Å². The molecule has 1 fully saturated rings. The summed E-state index contributed by atoms with van der Waals surface area (Å²) in [6.07, 6.45) is -2.36. The van der Waals surface area contributed by atoms with Crippen molar-refractivity contribution in [1.29, 1.82) is 0 Å². The normalized spacial score (nSPS) is 46.1. The third kappa shape index (κ3) is 2.78. The van der Waals surface area contributed by atoms with Gasteiger partial charge in [0.25, 0.3) is 0 Å². The first-order valence-electron chi connectivity index (χ1n) is 4.27. The van der Waals surface area contributed by atoms with Crippen molar-refractivity contribution >= 4 is 32.5 Å². The topological polar surface area (TPSA) is 58.9 Å². The molecule has 6 heteroatoms. The van der Waals surface area contributed by atoms with Crippen molar-refractivity contribution in [2.24, 2.45) is 5.92 Å². The fourth-order valence-electron chi connectivity index (χ4n) is 1.37. The molecule has 2 unspecified atom stereocenters. The molecule has 0 spiro atoms. The fourth-order valence-corrected chi connectivity index (χ4v) is 2.83. The van der Waals surface area contributed by atoms with E-state index in [0.29, 0.717) is 0 Å². The fraction of sp³-hybridized carbons (Fsp3) is 1.00. The highest BCUT2D eigenvalue weighted by Gasteiger charge is 2.40. The summed E-state index contributed by atoms with van der Waals surface area (Å²) in [5, 5.41) is 19.2. The van der Waals surface area contributed by atoms with E-state index in [9.17, 15) is 10.2 Å². The second-order valence-electron chi connectivity index (χ2n) is 3.33. The molecule has 5 atom stereocenters. The Morgan fingerprint density at radius 1 is 1.31 bits per heavy atom. The van der Waals surface area contributed by atoms with E-state index >= 15 is 0 Å². The number of ether oxygens (including phenoxy) is 1. The number of aliphatic hydroxyl groups excluding tert-OH is 2. The minimum atomic E-state index is -0.909. The van der Waals surface area contributed by atoms with E-state index in [4.69, 9.17) is 8.53 Å². The van der Waals surface area contributed by atoms with Crippen LogP contribution in [0.1, 0.15) is 13.8 Å². The molecule has 1 aliphatic heterocycles. The summed E-state index contributed by atoms with van der Waals surface area (Å²) < 4.78 is 10.7. The number of halogens is 1. The minimum absolute atomic E-state index is 0.0503. The van der Waals surface area contributed by atoms with Gasteiger partial charge in [-0.05, 0) is 6.92 Å². The molecule has 1 heterocycles. The molecule has 1 saturated heterocycles. The van der Waals surface area contributed by atoms with Crippen LogP contribution in [0.2, 0.25) is 0 Å². The Morgan fingerprint density at radius 2 is 1.92 bits per heavy atom. The average molecular weight is 316 g/mol. The maximum Gasteiger partial charge on any atom is 0.527 e. The smallest absolute Gasteiger partial charge is 0.470 e. The Kier molecular flexibility index (Phi) is 4.92. The van der Waals surface area contributed by atoms with Gasteiger partial charge in [-0.25, -0.2) is 0 Å². The molecule has 0 aliphatic carbocycles. The van der Waals surface area contributed by atoms with E-state index in [2.05, 4.69) is 20.3 Å². The highest BCUT2D eigenvalue weighted by Crippen LogP contribution is 2.26. The molecule has 2 N–H and O–H groups in total. The molecule has 0 radical (unpaired) electrons. The van der Waals surface area contributed by atoms with Gasteiger partial charge < -0.3 is 18.7 Å². The number of hydrogen-bond donors (Lipinski definition) is 2. The SMILES string of the molecule is CC1O[C@@H]([O][AlH][I])C(O)[C@@H](O)[C@H]1C. The highest BCUT2D eigenvalue weighted by atomic mass is 127. The van der Waals surface area contributed by atoms with Crippen molar-refractivity contribution in [1.82, 2.24) is 0 Å². The van der Waals surface area contributed by atoms with Crippen LogP contribution < -0.4 is 0 Å². The van der Waals surface area contributed by atoms with Crippen LogP contribution in [0.25, 0.3) is 0 Å². The molecule has 0 aromatic rings. The van der Waals surface area contributed by atoms with Gasteiger partial charge in [0.05, 0.1) is 12.2 Å². The summed E-state index contributed by atoms with van der Waals surface area (Å²) in [7, 11) is 0. The van der Waals surface area contributed by atoms with Crippen LogP contribution in [0.4, 0.5) is 0 Å². The van der Waals surface area contributed by atoms with Crippen LogP contribution >= 0.6 is 20.3 Å². The van der Waals surface area contributed by atoms with Crippen LogP contribution in [0.15, 0.2) is 0 Å². The average Bonchev–Trinajstić information content (AvgIpc) is 2.11. The van der Waals surface area contributed by atoms with Crippen LogP contribution in [0, 0.1) is 5.92 Å². The van der Waals surface area contributed by atoms with E-state index in [-0.39, 0.29) is 12.0 Å². The molecular weight excluding hydrogens is 302 g/mol. The van der Waals surface area contributed by atoms with Gasteiger partial charge in [-0.15, -0.1) is 0 Å². The molecule has 1 rings (SSSR count). The molecule has 0 aromatic carbocycles. The summed E-state index contributed by atoms with van der Waals surface area (Å²) >= 11 is 1.51. The minimum Gasteiger partial charge on any atom is -0.470 e. The van der Waals surface area contributed by atoms with Gasteiger partial charge in [0.1, 0.15) is 6.10 Å². The van der Waals surface area contributed by atoms with Gasteiger partial charge in [-0.3, -0.25) is 0 Å². The van der Waals surface area contributed by atoms with E-state index < -0.39 is 30.8 Å². The van der Waals surface area contributed by atoms with Gasteiger partial charge in [0.15, 0.2) is 6.29 Å². The Labute approximate surface area is 95.3 Å². The lowest BCUT2D eigenvalue weighted by molar-refractivity contribution is -0.250. The van der Waals surface area contributed by atoms with Crippen molar-refractivity contribution < 1.29 is 18.7 Å². The molecule has 0 aromatic heterocycles. The standard InChI is InChI=1S/C7H13O4.Al.HI.H/c1-3-4(2)11-7(10)6(9)5(3)8;;;/h3-9H,1-2H3;;1H;/q-1;+2;;/p-1/t3-,4?,5-,6?,7+;;;/m0.../s1. The Morgan fingerprint density at radius 3 is 2.46 bits per heavy atom. The summed E-state index contributed by atoms with van der Waals surface area (Å²) in [5.74, 6) is -0.0503. The third-order valence-corrected chi connectivity index (χ3v) is 4.02. The summed E-state index contributed by atoms with van der Waals surface area (Å²) in [6.45, 7) is 3.74. The molecular formula is C7H14AlIO4. The van der Waals surface area contributed by atoms with E-state index in [1.165, 1.54) is 0 Å². The Bertz CT molecular complexity index is 171. The van der Waals surface area contributed by atoms with Gasteiger partial charge in [0, 0.05) is 5.92 Å². The quantitative estimate of drug-likeness (QED) is 0.548. The summed E-state index contributed by atoms with van der Waals surface area (Å²) in [5.41, 5.74) is 0. The zero-order valence-electron chi connectivity index (χ0n) is 7.68. The number of aliphatic hydroxyl groups is 2. The third-order valence-electron chi connectivity index (χ3n) is 2.48. The van der Waals surface area contributed by atoms with Gasteiger partial charge >= 0.3 is 12.3 Å². The maximum atomic E-state index is 9.62. The Hall–Kier alpha value is 1.10. The van der Waals surface area contributed by atoms with Crippen molar-refractivity contribution in [3.05, 3.63) is 0 Å². The van der Waals surface area contributed by atoms with Gasteiger partial charge in [-0.1, -0.05) is 6.92 Å². The predicted molar refractivity (Wildman–Crippen MR) is 57.8 cm³/mol. The lowest BCUT2D eigenvalue weighted by atomic mass is 9.92. The van der Waals surface area contributed by atoms with Crippen LogP contribution in [0.3, 0.4) is 0 Å². The number of hydrogen-bond acceptors (Lipinski definition) is 4. The lowest BCUT2D eigenvalue weighted by Gasteiger charge is -2.40. The molecule has 0 saturated carbocycles. The zero-order chi connectivity index (χ0) is 10.0. The summed E-state index contributed by atoms with van der Waals surface area (Å²) in [4.78, 5) is 0. The molecule has 0 amide bonds. The predicted octanol–water partition coefficient (Wildman–Crippen LogP) is -0.193. The number of rotatable bonds is 2. The largest absolute Gasteiger partial charge is 0.527 e. The first-order chi connectivity index (χ1) is 6.07. The summed E-state index contributed by atoms with van der Waals surface area (Å²) in [6, 6.07) is 0. The van der Waals surface area contributed by atoms with Crippen molar-refractivity contribution in [3.8, 4) is 0 Å². The molecule has 4 nitrogen and oxygen atoms in total. The zero-order valence-corrected chi connectivity index (χ0v) is 11.3. The van der Waals surface area contributed by atoms with E-state index in [0.717, 1.165) is 0 Å². The van der Waals surface area contributed by atoms with Crippen molar-refractivity contribution in [3.63, 3.8) is 0 Å². The Balaban J connectivity index is 2.59. The van der Waals surface area contributed by atoms with E-state index in [1.807, 2.05) is 13.8 Å². The second-order valence-corrected chi connectivity index (χ2v) is 5.75. The molecule has 0 bridgehead atoms. The first-order valence-corrected chi connectivity index (χ1v) is 9.96.